The molecular formula is C29H33N9. The molecule has 0 radical (unpaired) electrons. The van der Waals surface area contributed by atoms with Gasteiger partial charge in [-0.05, 0) is 56.7 Å². The van der Waals surface area contributed by atoms with E-state index in [1.54, 1.807) is 0 Å². The lowest BCUT2D eigenvalue weighted by Crippen LogP contribution is -2.44. The Hall–Kier alpha value is -3.82. The number of piperazine rings is 1. The third-order valence-electron chi connectivity index (χ3n) is 8.02. The van der Waals surface area contributed by atoms with Crippen LogP contribution in [0.1, 0.15) is 24.8 Å². The van der Waals surface area contributed by atoms with Crippen LogP contribution in [0.2, 0.25) is 0 Å². The van der Waals surface area contributed by atoms with E-state index in [0.717, 1.165) is 71.8 Å². The van der Waals surface area contributed by atoms with Crippen LogP contribution in [0, 0.1) is 0 Å². The second kappa shape index (κ2) is 9.81. The van der Waals surface area contributed by atoms with E-state index >= 15 is 0 Å². The molecular weight excluding hydrogens is 474 g/mol. The number of anilines is 1. The Morgan fingerprint density at radius 3 is 2.47 bits per heavy atom. The fraction of sp³-hybridized carbons (Fsp3) is 0.379. The van der Waals surface area contributed by atoms with E-state index in [4.69, 9.17) is 4.98 Å². The number of aromatic amines is 2. The van der Waals surface area contributed by atoms with Crippen LogP contribution in [0.4, 0.5) is 5.69 Å². The lowest BCUT2D eigenvalue weighted by atomic mass is 10.0. The summed E-state index contributed by atoms with van der Waals surface area (Å²) in [5.41, 5.74) is 8.18. The number of pyridine rings is 3. The van der Waals surface area contributed by atoms with Gasteiger partial charge in [0.05, 0.1) is 29.3 Å². The molecule has 2 aliphatic rings. The Morgan fingerprint density at radius 2 is 1.61 bits per heavy atom. The highest BCUT2D eigenvalue weighted by Gasteiger charge is 2.20. The highest BCUT2D eigenvalue weighted by Crippen LogP contribution is 2.34. The van der Waals surface area contributed by atoms with Gasteiger partial charge in [-0.1, -0.05) is 6.42 Å². The van der Waals surface area contributed by atoms with E-state index in [-0.39, 0.29) is 0 Å². The van der Waals surface area contributed by atoms with E-state index < -0.39 is 0 Å². The normalized spacial score (nSPS) is 17.6. The summed E-state index contributed by atoms with van der Waals surface area (Å²) in [5, 5.41) is 9.95. The first kappa shape index (κ1) is 23.3. The largest absolute Gasteiger partial charge is 0.367 e. The van der Waals surface area contributed by atoms with Crippen molar-refractivity contribution < 1.29 is 0 Å². The van der Waals surface area contributed by atoms with Crippen LogP contribution in [0.5, 0.6) is 0 Å². The van der Waals surface area contributed by atoms with E-state index in [0.29, 0.717) is 0 Å². The number of piperidine rings is 1. The van der Waals surface area contributed by atoms with Crippen molar-refractivity contribution in [3.05, 3.63) is 54.7 Å². The SMILES string of the molecule is CN1CCN(c2cncc3[nH]c(-c4n[nH]c5ncc(-c6cncc(CN7CCCCC7)c6)cc45)cc23)CC1. The van der Waals surface area contributed by atoms with Gasteiger partial charge in [0.25, 0.3) is 0 Å². The lowest BCUT2D eigenvalue weighted by Gasteiger charge is -2.34. The number of rotatable bonds is 5. The van der Waals surface area contributed by atoms with Crippen molar-refractivity contribution in [3.8, 4) is 22.5 Å². The van der Waals surface area contributed by atoms with E-state index in [1.807, 2.05) is 31.0 Å². The quantitative estimate of drug-likeness (QED) is 0.366. The standard InChI is InChI=1S/C29H33N9/c1-36-7-9-38(10-8-36)27-18-31-17-26-23(27)13-25(33-26)28-24-12-22(16-32-29(24)35-34-28)21-11-20(14-30-15-21)19-37-5-3-2-4-6-37/h11-18,33H,2-10,19H2,1H3,(H,32,34,35). The summed E-state index contributed by atoms with van der Waals surface area (Å²) in [6, 6.07) is 6.63. The molecule has 2 N–H and O–H groups in total. The molecule has 0 saturated carbocycles. The monoisotopic (exact) mass is 507 g/mol. The van der Waals surface area contributed by atoms with Crippen LogP contribution in [0.25, 0.3) is 44.5 Å². The molecule has 7 heterocycles. The number of H-pyrrole nitrogens is 2. The molecule has 0 unspecified atom stereocenters. The molecule has 0 bridgehead atoms. The van der Waals surface area contributed by atoms with Gasteiger partial charge in [-0.3, -0.25) is 20.0 Å². The molecule has 5 aromatic heterocycles. The van der Waals surface area contributed by atoms with Gasteiger partial charge in [0.2, 0.25) is 0 Å². The summed E-state index contributed by atoms with van der Waals surface area (Å²) in [6.07, 6.45) is 13.6. The summed E-state index contributed by atoms with van der Waals surface area (Å²) in [7, 11) is 2.18. The van der Waals surface area contributed by atoms with E-state index in [1.165, 1.54) is 49.0 Å². The summed E-state index contributed by atoms with van der Waals surface area (Å²) >= 11 is 0. The smallest absolute Gasteiger partial charge is 0.155 e. The van der Waals surface area contributed by atoms with Crippen LogP contribution in [0.15, 0.2) is 49.2 Å². The Morgan fingerprint density at radius 1 is 0.789 bits per heavy atom. The number of aromatic nitrogens is 6. The highest BCUT2D eigenvalue weighted by molar-refractivity contribution is 5.99. The molecule has 9 nitrogen and oxygen atoms in total. The minimum absolute atomic E-state index is 0.775. The van der Waals surface area contributed by atoms with Crippen LogP contribution in [-0.4, -0.2) is 86.2 Å². The number of likely N-dealkylation sites (tertiary alicyclic amines) is 1. The van der Waals surface area contributed by atoms with Gasteiger partial charge in [-0.25, -0.2) is 4.98 Å². The molecule has 194 valence electrons. The maximum atomic E-state index is 4.71. The Labute approximate surface area is 221 Å². The fourth-order valence-electron chi connectivity index (χ4n) is 5.84. The number of hydrogen-bond donors (Lipinski definition) is 2. The molecule has 0 spiro atoms. The molecule has 0 aliphatic carbocycles. The zero-order valence-corrected chi connectivity index (χ0v) is 21.8. The third kappa shape index (κ3) is 4.41. The number of nitrogens with one attached hydrogen (secondary N) is 2. The van der Waals surface area contributed by atoms with E-state index in [2.05, 4.69) is 65.1 Å². The predicted octanol–water partition coefficient (Wildman–Crippen LogP) is 4.30. The van der Waals surface area contributed by atoms with Crippen molar-refractivity contribution in [2.45, 2.75) is 25.8 Å². The van der Waals surface area contributed by atoms with Crippen molar-refractivity contribution in [1.82, 2.24) is 39.9 Å². The molecule has 0 aromatic carbocycles. The molecule has 38 heavy (non-hydrogen) atoms. The third-order valence-corrected chi connectivity index (χ3v) is 8.02. The molecule has 7 rings (SSSR count). The van der Waals surface area contributed by atoms with Crippen molar-refractivity contribution >= 4 is 27.6 Å². The average molecular weight is 508 g/mol. The average Bonchev–Trinajstić information content (AvgIpc) is 3.58. The van der Waals surface area contributed by atoms with Gasteiger partial charge in [0, 0.05) is 73.2 Å². The maximum Gasteiger partial charge on any atom is 0.155 e. The van der Waals surface area contributed by atoms with Crippen molar-refractivity contribution in [2.24, 2.45) is 0 Å². The van der Waals surface area contributed by atoms with Gasteiger partial charge < -0.3 is 14.8 Å². The second-order valence-electron chi connectivity index (χ2n) is 10.7. The first-order valence-electron chi connectivity index (χ1n) is 13.6. The maximum absolute atomic E-state index is 4.71. The molecule has 9 heteroatoms. The molecule has 5 aromatic rings. The summed E-state index contributed by atoms with van der Waals surface area (Å²) in [5.74, 6) is 0. The second-order valence-corrected chi connectivity index (χ2v) is 10.7. The van der Waals surface area contributed by atoms with E-state index in [9.17, 15) is 0 Å². The molecule has 2 aliphatic heterocycles. The van der Waals surface area contributed by atoms with Crippen molar-refractivity contribution in [3.63, 3.8) is 0 Å². The topological polar surface area (TPSA) is 92.9 Å². The number of likely N-dealkylation sites (N-methyl/N-ethyl adjacent to an activating group) is 1. The molecule has 2 saturated heterocycles. The van der Waals surface area contributed by atoms with Crippen LogP contribution < -0.4 is 4.90 Å². The zero-order valence-electron chi connectivity index (χ0n) is 21.8. The van der Waals surface area contributed by atoms with Gasteiger partial charge in [-0.15, -0.1) is 0 Å². The Kier molecular flexibility index (Phi) is 6.02. The molecule has 0 amide bonds. The van der Waals surface area contributed by atoms with Crippen molar-refractivity contribution in [1.29, 1.82) is 0 Å². The lowest BCUT2D eigenvalue weighted by molar-refractivity contribution is 0.220. The summed E-state index contributed by atoms with van der Waals surface area (Å²) < 4.78 is 0. The summed E-state index contributed by atoms with van der Waals surface area (Å²) in [4.78, 5) is 24.7. The fourth-order valence-corrected chi connectivity index (χ4v) is 5.84. The van der Waals surface area contributed by atoms with Gasteiger partial charge in [-0.2, -0.15) is 5.10 Å². The first-order valence-corrected chi connectivity index (χ1v) is 13.6. The minimum atomic E-state index is 0.775. The number of nitrogens with zero attached hydrogens (tertiary/aromatic N) is 7. The Bertz CT molecular complexity index is 1570. The predicted molar refractivity (Wildman–Crippen MR) is 151 cm³/mol. The molecule has 0 atom stereocenters. The number of hydrogen-bond acceptors (Lipinski definition) is 7. The van der Waals surface area contributed by atoms with Crippen molar-refractivity contribution in [2.75, 3.05) is 51.2 Å². The van der Waals surface area contributed by atoms with Crippen LogP contribution in [0.3, 0.4) is 0 Å². The minimum Gasteiger partial charge on any atom is -0.367 e. The Balaban J connectivity index is 1.22. The first-order chi connectivity index (χ1) is 18.7. The van der Waals surface area contributed by atoms with Crippen LogP contribution in [-0.2, 0) is 6.54 Å². The zero-order chi connectivity index (χ0) is 25.5. The highest BCUT2D eigenvalue weighted by atomic mass is 15.3. The van der Waals surface area contributed by atoms with Gasteiger partial charge in [0.1, 0.15) is 5.69 Å². The van der Waals surface area contributed by atoms with Gasteiger partial charge in [0.15, 0.2) is 5.65 Å². The van der Waals surface area contributed by atoms with Gasteiger partial charge >= 0.3 is 0 Å². The molecule has 2 fully saturated rings. The van der Waals surface area contributed by atoms with Crippen LogP contribution >= 0.6 is 0 Å². The summed E-state index contributed by atoms with van der Waals surface area (Å²) in [6.45, 7) is 7.41. The number of fused-ring (bicyclic) bond motifs is 2.